The third-order valence-corrected chi connectivity index (χ3v) is 6.06. The van der Waals surface area contributed by atoms with Gasteiger partial charge in [-0.05, 0) is 60.0 Å². The molecule has 1 nitrogen and oxygen atoms in total. The van der Waals surface area contributed by atoms with Crippen LogP contribution in [0.4, 0.5) is 0 Å². The Morgan fingerprint density at radius 2 is 1.61 bits per heavy atom. The van der Waals surface area contributed by atoms with Gasteiger partial charge >= 0.3 is 0 Å². The SMILES string of the molecule is Cl.c1ccc2c(c1)CCc1cccc3c1C2CN1CCCCC31. The lowest BCUT2D eigenvalue weighted by molar-refractivity contribution is 0.130. The Bertz CT molecular complexity index is 724. The van der Waals surface area contributed by atoms with E-state index in [1.165, 1.54) is 45.2 Å². The molecule has 1 fully saturated rings. The fraction of sp³-hybridized carbons (Fsp3) is 0.429. The highest BCUT2D eigenvalue weighted by molar-refractivity contribution is 5.85. The van der Waals surface area contributed by atoms with E-state index in [-0.39, 0.29) is 12.4 Å². The zero-order valence-electron chi connectivity index (χ0n) is 13.5. The molecule has 5 rings (SSSR count). The molecule has 2 aromatic carbocycles. The van der Waals surface area contributed by atoms with Crippen molar-refractivity contribution >= 4 is 12.4 Å². The summed E-state index contributed by atoms with van der Waals surface area (Å²) in [4.78, 5) is 2.77. The molecule has 0 N–H and O–H groups in total. The van der Waals surface area contributed by atoms with Crippen LogP contribution < -0.4 is 0 Å². The van der Waals surface area contributed by atoms with E-state index in [0.29, 0.717) is 12.0 Å². The van der Waals surface area contributed by atoms with E-state index in [1.54, 1.807) is 27.8 Å². The molecule has 2 aliphatic heterocycles. The average Bonchev–Trinajstić information content (AvgIpc) is 2.74. The topological polar surface area (TPSA) is 3.24 Å². The van der Waals surface area contributed by atoms with Crippen LogP contribution in [0.1, 0.15) is 59.0 Å². The number of rotatable bonds is 0. The zero-order valence-corrected chi connectivity index (χ0v) is 14.3. The summed E-state index contributed by atoms with van der Waals surface area (Å²) in [6.45, 7) is 2.51. The molecule has 0 bridgehead atoms. The first kappa shape index (κ1) is 15.2. The maximum Gasteiger partial charge on any atom is 0.0351 e. The van der Waals surface area contributed by atoms with Crippen LogP contribution in [0, 0.1) is 0 Å². The molecule has 23 heavy (non-hydrogen) atoms. The molecule has 2 atom stereocenters. The van der Waals surface area contributed by atoms with Gasteiger partial charge in [-0.1, -0.05) is 48.9 Å². The molecule has 1 saturated heterocycles. The van der Waals surface area contributed by atoms with Crippen LogP contribution in [-0.2, 0) is 12.8 Å². The minimum absolute atomic E-state index is 0. The summed E-state index contributed by atoms with van der Waals surface area (Å²) in [5.41, 5.74) is 8.12. The fourth-order valence-corrected chi connectivity index (χ4v) is 5.08. The number of aryl methyl sites for hydroxylation is 2. The van der Waals surface area contributed by atoms with Crippen molar-refractivity contribution in [1.29, 1.82) is 0 Å². The Labute approximate surface area is 145 Å². The van der Waals surface area contributed by atoms with E-state index in [2.05, 4.69) is 47.4 Å². The maximum atomic E-state index is 2.77. The van der Waals surface area contributed by atoms with Crippen molar-refractivity contribution in [2.45, 2.75) is 44.1 Å². The average molecular weight is 326 g/mol. The number of nitrogens with zero attached hydrogens (tertiary/aromatic N) is 1. The van der Waals surface area contributed by atoms with Gasteiger partial charge < -0.3 is 0 Å². The van der Waals surface area contributed by atoms with Crippen LogP contribution in [-0.4, -0.2) is 18.0 Å². The highest BCUT2D eigenvalue weighted by Gasteiger charge is 2.37. The quantitative estimate of drug-likeness (QED) is 0.667. The molecule has 3 aliphatic rings. The van der Waals surface area contributed by atoms with Crippen molar-refractivity contribution in [3.63, 3.8) is 0 Å². The second kappa shape index (κ2) is 5.96. The van der Waals surface area contributed by atoms with Crippen LogP contribution in [0.3, 0.4) is 0 Å². The van der Waals surface area contributed by atoms with Gasteiger partial charge in [0.2, 0.25) is 0 Å². The lowest BCUT2D eigenvalue weighted by Crippen LogP contribution is -2.41. The van der Waals surface area contributed by atoms with Gasteiger partial charge in [-0.15, -0.1) is 12.4 Å². The van der Waals surface area contributed by atoms with E-state index >= 15 is 0 Å². The van der Waals surface area contributed by atoms with E-state index < -0.39 is 0 Å². The summed E-state index contributed by atoms with van der Waals surface area (Å²) in [5, 5.41) is 0. The Hall–Kier alpha value is -1.31. The molecule has 2 unspecified atom stereocenters. The van der Waals surface area contributed by atoms with Gasteiger partial charge in [-0.3, -0.25) is 4.90 Å². The Morgan fingerprint density at radius 3 is 2.57 bits per heavy atom. The zero-order chi connectivity index (χ0) is 14.5. The van der Waals surface area contributed by atoms with Gasteiger partial charge in [-0.25, -0.2) is 0 Å². The third-order valence-electron chi connectivity index (χ3n) is 6.06. The van der Waals surface area contributed by atoms with Crippen molar-refractivity contribution < 1.29 is 0 Å². The summed E-state index contributed by atoms with van der Waals surface area (Å²) in [7, 11) is 0. The highest BCUT2D eigenvalue weighted by atomic mass is 35.5. The molecule has 0 saturated carbocycles. The number of halogens is 1. The predicted molar refractivity (Wildman–Crippen MR) is 97.5 cm³/mol. The first-order valence-electron chi connectivity index (χ1n) is 8.85. The number of fused-ring (bicyclic) bond motifs is 4. The summed E-state index contributed by atoms with van der Waals surface area (Å²) in [6, 6.07) is 17.0. The standard InChI is InChI=1S/C21H23N.ClH/c1-2-8-17-15(6-1)11-12-16-7-5-9-18-20-10-3-4-13-22(20)14-19(17)21(16)18;/h1-2,5-9,19-20H,3-4,10-14H2;1H. The van der Waals surface area contributed by atoms with Gasteiger partial charge in [0.05, 0.1) is 0 Å². The van der Waals surface area contributed by atoms with Crippen molar-refractivity contribution in [1.82, 2.24) is 4.90 Å². The molecule has 0 radical (unpaired) electrons. The number of benzene rings is 2. The summed E-state index contributed by atoms with van der Waals surface area (Å²) >= 11 is 0. The lowest BCUT2D eigenvalue weighted by Gasteiger charge is -2.44. The number of hydrogen-bond acceptors (Lipinski definition) is 1. The van der Waals surface area contributed by atoms with Gasteiger partial charge in [0, 0.05) is 18.5 Å². The Morgan fingerprint density at radius 1 is 0.826 bits per heavy atom. The highest BCUT2D eigenvalue weighted by Crippen LogP contribution is 2.46. The van der Waals surface area contributed by atoms with Crippen molar-refractivity contribution in [2.24, 2.45) is 0 Å². The molecular weight excluding hydrogens is 302 g/mol. The molecule has 0 aromatic heterocycles. The van der Waals surface area contributed by atoms with Crippen LogP contribution in [0.15, 0.2) is 42.5 Å². The first-order valence-corrected chi connectivity index (χ1v) is 8.85. The van der Waals surface area contributed by atoms with Gasteiger partial charge in [-0.2, -0.15) is 0 Å². The largest absolute Gasteiger partial charge is 0.295 e. The molecular formula is C21H24ClN. The Kier molecular flexibility index (Phi) is 3.95. The van der Waals surface area contributed by atoms with Crippen LogP contribution in [0.2, 0.25) is 0 Å². The normalized spacial score (nSPS) is 25.4. The summed E-state index contributed by atoms with van der Waals surface area (Å²) in [5.74, 6) is 0.597. The van der Waals surface area contributed by atoms with Crippen molar-refractivity contribution in [2.75, 3.05) is 13.1 Å². The van der Waals surface area contributed by atoms with Crippen molar-refractivity contribution in [3.8, 4) is 0 Å². The van der Waals surface area contributed by atoms with E-state index in [0.717, 1.165) is 0 Å². The number of piperidine rings is 1. The van der Waals surface area contributed by atoms with Crippen LogP contribution >= 0.6 is 12.4 Å². The van der Waals surface area contributed by atoms with Gasteiger partial charge in [0.25, 0.3) is 0 Å². The second-order valence-corrected chi connectivity index (χ2v) is 7.18. The first-order chi connectivity index (χ1) is 10.9. The van der Waals surface area contributed by atoms with Crippen molar-refractivity contribution in [3.05, 3.63) is 70.3 Å². The summed E-state index contributed by atoms with van der Waals surface area (Å²) < 4.78 is 0. The molecule has 2 heteroatoms. The minimum atomic E-state index is 0. The number of hydrogen-bond donors (Lipinski definition) is 0. The molecule has 0 spiro atoms. The van der Waals surface area contributed by atoms with Gasteiger partial charge in [0.15, 0.2) is 0 Å². The molecule has 1 aliphatic carbocycles. The van der Waals surface area contributed by atoms with E-state index in [4.69, 9.17) is 0 Å². The lowest BCUT2D eigenvalue weighted by atomic mass is 9.77. The van der Waals surface area contributed by atoms with E-state index in [1.807, 2.05) is 0 Å². The monoisotopic (exact) mass is 325 g/mol. The molecule has 0 amide bonds. The predicted octanol–water partition coefficient (Wildman–Crippen LogP) is 4.88. The fourth-order valence-electron chi connectivity index (χ4n) is 5.08. The van der Waals surface area contributed by atoms with Crippen LogP contribution in [0.25, 0.3) is 0 Å². The third kappa shape index (κ3) is 2.33. The van der Waals surface area contributed by atoms with Crippen LogP contribution in [0.5, 0.6) is 0 Å². The Balaban J connectivity index is 0.00000135. The molecule has 2 heterocycles. The smallest absolute Gasteiger partial charge is 0.0351 e. The molecule has 2 aromatic rings. The van der Waals surface area contributed by atoms with Gasteiger partial charge in [0.1, 0.15) is 0 Å². The summed E-state index contributed by atoms with van der Waals surface area (Å²) in [6.07, 6.45) is 6.54. The second-order valence-electron chi connectivity index (χ2n) is 7.18. The maximum absolute atomic E-state index is 2.77. The molecule has 120 valence electrons. The minimum Gasteiger partial charge on any atom is -0.295 e. The van der Waals surface area contributed by atoms with E-state index in [9.17, 15) is 0 Å².